The number of allylic oxidation sites excluding steroid dienone is 12. The molecule has 0 saturated heterocycles. The standard InChI is InChI=1S/C51H87NO7/c1-6-8-10-12-14-16-18-20-22-24-25-26-28-30-32-34-36-38-40-42-50(54)59-47(45-57-44-43-48(51(55)56)52(3,4)5)46-58-49(53)41-39-37-35-33-31-29-27-23-21-19-17-15-13-11-9-7-2/h8,10,14,16,20,22-23,25-27,30,32,47-48H,6-7,9,11-13,15,17-19,21,24,28-29,31,33-46H2,1-5H3/p+1/b10-8+,16-14+,22-20+,26-25+,27-23+,32-30+. The first kappa shape index (κ1) is 55.8. The number of carbonyl (C=O) groups excluding carboxylic acids is 2. The van der Waals surface area contributed by atoms with E-state index >= 15 is 0 Å². The number of carboxylic acid groups (broad SMARTS) is 1. The lowest BCUT2D eigenvalue weighted by Gasteiger charge is -2.31. The largest absolute Gasteiger partial charge is 0.477 e. The maximum Gasteiger partial charge on any atom is 0.362 e. The zero-order chi connectivity index (χ0) is 43.5. The molecule has 0 spiro atoms. The normalized spacial score (nSPS) is 13.6. The van der Waals surface area contributed by atoms with Crippen molar-refractivity contribution in [2.75, 3.05) is 41.0 Å². The SMILES string of the molecule is CC/C=C/C/C=C/C/C=C/C/C=C/C/C=C/CCCCCC(=O)OC(COCCC(C(=O)O)[N+](C)(C)C)COC(=O)CCCCCCC/C=C/CCCCCCCCC. The fraction of sp³-hybridized carbons (Fsp3) is 0.706. The van der Waals surface area contributed by atoms with E-state index in [1.807, 2.05) is 21.1 Å². The van der Waals surface area contributed by atoms with E-state index in [4.69, 9.17) is 14.2 Å². The molecule has 0 aliphatic heterocycles. The third-order valence-corrected chi connectivity index (χ3v) is 10.1. The van der Waals surface area contributed by atoms with E-state index < -0.39 is 18.1 Å². The summed E-state index contributed by atoms with van der Waals surface area (Å²) in [6.45, 7) is 4.57. The Morgan fingerprint density at radius 2 is 0.949 bits per heavy atom. The number of esters is 2. The third-order valence-electron chi connectivity index (χ3n) is 10.1. The van der Waals surface area contributed by atoms with E-state index in [0.717, 1.165) is 89.9 Å². The molecule has 0 saturated carbocycles. The molecule has 1 N–H and O–H groups in total. The molecule has 0 aromatic heterocycles. The number of carbonyl (C=O) groups is 3. The number of aliphatic carboxylic acids is 1. The minimum absolute atomic E-state index is 0.0417. The molecular formula is C51H88NO7+. The topological polar surface area (TPSA) is 99.1 Å². The minimum Gasteiger partial charge on any atom is -0.477 e. The van der Waals surface area contributed by atoms with Gasteiger partial charge in [0.05, 0.1) is 34.4 Å². The zero-order valence-electron chi connectivity index (χ0n) is 38.4. The fourth-order valence-corrected chi connectivity index (χ4v) is 6.46. The molecule has 0 aromatic carbocycles. The predicted molar refractivity (Wildman–Crippen MR) is 247 cm³/mol. The molecule has 0 heterocycles. The van der Waals surface area contributed by atoms with Crippen molar-refractivity contribution in [2.24, 2.45) is 0 Å². The quantitative estimate of drug-likeness (QED) is 0.0284. The van der Waals surface area contributed by atoms with Crippen LogP contribution < -0.4 is 0 Å². The molecular weight excluding hydrogens is 739 g/mol. The van der Waals surface area contributed by atoms with Crippen LogP contribution in [-0.4, -0.2) is 80.6 Å². The highest BCUT2D eigenvalue weighted by atomic mass is 16.6. The second-order valence-electron chi connectivity index (χ2n) is 16.6. The Labute approximate surface area is 361 Å². The van der Waals surface area contributed by atoms with Gasteiger partial charge in [0, 0.05) is 19.3 Å². The summed E-state index contributed by atoms with van der Waals surface area (Å²) in [5.74, 6) is -1.53. The van der Waals surface area contributed by atoms with Gasteiger partial charge in [0.1, 0.15) is 6.61 Å². The van der Waals surface area contributed by atoms with Crippen LogP contribution in [0.2, 0.25) is 0 Å². The van der Waals surface area contributed by atoms with Gasteiger partial charge in [-0.2, -0.15) is 0 Å². The molecule has 0 aromatic rings. The van der Waals surface area contributed by atoms with Gasteiger partial charge in [-0.25, -0.2) is 4.79 Å². The maximum absolute atomic E-state index is 12.7. The van der Waals surface area contributed by atoms with E-state index in [-0.39, 0.29) is 42.7 Å². The fourth-order valence-electron chi connectivity index (χ4n) is 6.46. The Morgan fingerprint density at radius 3 is 1.44 bits per heavy atom. The average molecular weight is 827 g/mol. The van der Waals surface area contributed by atoms with Crippen LogP contribution in [0.3, 0.4) is 0 Å². The first-order valence-corrected chi connectivity index (χ1v) is 23.5. The van der Waals surface area contributed by atoms with E-state index in [9.17, 15) is 19.5 Å². The van der Waals surface area contributed by atoms with Crippen molar-refractivity contribution in [3.05, 3.63) is 72.9 Å². The van der Waals surface area contributed by atoms with Gasteiger partial charge in [-0.3, -0.25) is 9.59 Å². The third kappa shape index (κ3) is 40.0. The molecule has 0 rings (SSSR count). The maximum atomic E-state index is 12.7. The van der Waals surface area contributed by atoms with Crippen molar-refractivity contribution in [3.8, 4) is 0 Å². The van der Waals surface area contributed by atoms with Crippen LogP contribution in [0.4, 0.5) is 0 Å². The number of likely N-dealkylation sites (N-methyl/N-ethyl adjacent to an activating group) is 1. The lowest BCUT2D eigenvalue weighted by atomic mass is 10.1. The van der Waals surface area contributed by atoms with Gasteiger partial charge in [-0.1, -0.05) is 151 Å². The van der Waals surface area contributed by atoms with Gasteiger partial charge in [-0.05, 0) is 83.5 Å². The molecule has 0 fully saturated rings. The van der Waals surface area contributed by atoms with Gasteiger partial charge in [0.2, 0.25) is 0 Å². The molecule has 0 bridgehead atoms. The summed E-state index contributed by atoms with van der Waals surface area (Å²) in [4.78, 5) is 37.0. The molecule has 8 nitrogen and oxygen atoms in total. The highest BCUT2D eigenvalue weighted by Gasteiger charge is 2.31. The molecule has 2 atom stereocenters. The van der Waals surface area contributed by atoms with E-state index in [1.165, 1.54) is 57.8 Å². The van der Waals surface area contributed by atoms with Crippen LogP contribution >= 0.6 is 0 Å². The average Bonchev–Trinajstić information content (AvgIpc) is 3.19. The number of hydrogen-bond donors (Lipinski definition) is 1. The first-order chi connectivity index (χ1) is 28.6. The van der Waals surface area contributed by atoms with E-state index in [2.05, 4.69) is 86.8 Å². The van der Waals surface area contributed by atoms with Gasteiger partial charge in [-0.15, -0.1) is 0 Å². The lowest BCUT2D eigenvalue weighted by Crippen LogP contribution is -2.50. The highest BCUT2D eigenvalue weighted by Crippen LogP contribution is 2.13. The molecule has 338 valence electrons. The van der Waals surface area contributed by atoms with Gasteiger partial charge >= 0.3 is 17.9 Å². The Hall–Kier alpha value is -3.23. The van der Waals surface area contributed by atoms with Crippen molar-refractivity contribution in [1.29, 1.82) is 0 Å². The predicted octanol–water partition coefficient (Wildman–Crippen LogP) is 13.1. The zero-order valence-corrected chi connectivity index (χ0v) is 38.4. The Balaban J connectivity index is 4.41. The number of ether oxygens (including phenoxy) is 3. The highest BCUT2D eigenvalue weighted by molar-refractivity contribution is 5.72. The summed E-state index contributed by atoms with van der Waals surface area (Å²) >= 11 is 0. The second-order valence-corrected chi connectivity index (χ2v) is 16.6. The Kier molecular flexibility index (Phi) is 39.2. The summed E-state index contributed by atoms with van der Waals surface area (Å²) in [5, 5.41) is 9.63. The minimum atomic E-state index is -0.884. The summed E-state index contributed by atoms with van der Waals surface area (Å²) in [5.41, 5.74) is 0. The van der Waals surface area contributed by atoms with Crippen molar-refractivity contribution in [3.63, 3.8) is 0 Å². The van der Waals surface area contributed by atoms with Crippen molar-refractivity contribution in [2.45, 2.75) is 193 Å². The summed E-state index contributed by atoms with van der Waals surface area (Å²) in [6, 6.07) is -0.625. The first-order valence-electron chi connectivity index (χ1n) is 23.5. The van der Waals surface area contributed by atoms with Gasteiger partial charge in [0.15, 0.2) is 12.1 Å². The smallest absolute Gasteiger partial charge is 0.362 e. The second kappa shape index (κ2) is 41.5. The number of nitrogens with zero attached hydrogens (tertiary/aromatic N) is 1. The van der Waals surface area contributed by atoms with Crippen molar-refractivity contribution < 1.29 is 38.2 Å². The van der Waals surface area contributed by atoms with Crippen LogP contribution in [0.15, 0.2) is 72.9 Å². The monoisotopic (exact) mass is 827 g/mol. The van der Waals surface area contributed by atoms with Crippen LogP contribution in [0.5, 0.6) is 0 Å². The lowest BCUT2D eigenvalue weighted by molar-refractivity contribution is -0.887. The van der Waals surface area contributed by atoms with Crippen LogP contribution in [-0.2, 0) is 28.6 Å². The molecule has 0 amide bonds. The molecule has 2 unspecified atom stereocenters. The summed E-state index contributed by atoms with van der Waals surface area (Å²) in [7, 11) is 5.51. The van der Waals surface area contributed by atoms with Crippen molar-refractivity contribution in [1.82, 2.24) is 0 Å². The number of hydrogen-bond acceptors (Lipinski definition) is 6. The molecule has 0 aliphatic rings. The van der Waals surface area contributed by atoms with Crippen LogP contribution in [0, 0.1) is 0 Å². The molecule has 8 heteroatoms. The summed E-state index contributed by atoms with van der Waals surface area (Å²) in [6.07, 6.45) is 52.3. The van der Waals surface area contributed by atoms with Gasteiger partial charge in [0.25, 0.3) is 0 Å². The summed E-state index contributed by atoms with van der Waals surface area (Å²) < 4.78 is 17.3. The number of rotatable bonds is 41. The van der Waals surface area contributed by atoms with E-state index in [0.29, 0.717) is 12.8 Å². The van der Waals surface area contributed by atoms with Crippen LogP contribution in [0.1, 0.15) is 181 Å². The molecule has 0 aliphatic carbocycles. The number of unbranched alkanes of at least 4 members (excludes halogenated alkanes) is 15. The Morgan fingerprint density at radius 1 is 0.525 bits per heavy atom. The van der Waals surface area contributed by atoms with Crippen molar-refractivity contribution >= 4 is 17.9 Å². The molecule has 0 radical (unpaired) electrons. The Bertz CT molecular complexity index is 1190. The van der Waals surface area contributed by atoms with Crippen LogP contribution in [0.25, 0.3) is 0 Å². The van der Waals surface area contributed by atoms with E-state index in [1.54, 1.807) is 0 Å². The number of quaternary nitrogens is 1. The molecule has 59 heavy (non-hydrogen) atoms. The number of carboxylic acids is 1. The van der Waals surface area contributed by atoms with Gasteiger partial charge < -0.3 is 23.8 Å².